The van der Waals surface area contributed by atoms with E-state index in [1.165, 1.54) is 11.8 Å². The summed E-state index contributed by atoms with van der Waals surface area (Å²) >= 11 is 1.49. The van der Waals surface area contributed by atoms with Crippen molar-refractivity contribution >= 4 is 23.2 Å². The predicted molar refractivity (Wildman–Crippen MR) is 96.0 cm³/mol. The van der Waals surface area contributed by atoms with Crippen LogP contribution < -0.4 is 5.56 Å². The fourth-order valence-corrected chi connectivity index (χ4v) is 3.75. The van der Waals surface area contributed by atoms with Gasteiger partial charge < -0.3 is 0 Å². The van der Waals surface area contributed by atoms with Gasteiger partial charge in [0, 0.05) is 28.9 Å². The smallest absolute Gasteiger partial charge is 0.258 e. The minimum atomic E-state index is -0.0710. The van der Waals surface area contributed by atoms with Crippen LogP contribution in [0.2, 0.25) is 0 Å². The molecule has 0 amide bonds. The molecule has 0 radical (unpaired) electrons. The van der Waals surface area contributed by atoms with Crippen LogP contribution in [0.3, 0.4) is 0 Å². The number of aryl methyl sites for hydroxylation is 3. The molecule has 4 aromatic rings. The molecule has 0 aliphatic rings. The minimum Gasteiger partial charge on any atom is -0.269 e. The van der Waals surface area contributed by atoms with E-state index in [9.17, 15) is 4.79 Å². The van der Waals surface area contributed by atoms with Crippen molar-refractivity contribution in [3.05, 3.63) is 63.5 Å². The summed E-state index contributed by atoms with van der Waals surface area (Å²) in [5.74, 6) is 1.12. The quantitative estimate of drug-likeness (QED) is 0.527. The van der Waals surface area contributed by atoms with Gasteiger partial charge in [0.05, 0.1) is 5.69 Å². The molecule has 0 bridgehead atoms. The Balaban J connectivity index is 1.68. The normalized spacial score (nSPS) is 11.5. The Hall–Kier alpha value is -2.74. The number of nitrogens with zero attached hydrogens (tertiary/aromatic N) is 6. The third-order valence-electron chi connectivity index (χ3n) is 3.95. The second-order valence-corrected chi connectivity index (χ2v) is 6.83. The third-order valence-corrected chi connectivity index (χ3v) is 4.91. The molecule has 8 heteroatoms. The van der Waals surface area contributed by atoms with Gasteiger partial charge in [0.25, 0.3) is 11.3 Å². The number of aromatic nitrogens is 6. The number of hydrogen-bond donors (Lipinski definition) is 0. The maximum Gasteiger partial charge on any atom is 0.258 e. The molecule has 7 nitrogen and oxygen atoms in total. The van der Waals surface area contributed by atoms with E-state index in [-0.39, 0.29) is 5.56 Å². The van der Waals surface area contributed by atoms with Gasteiger partial charge in [0.2, 0.25) is 0 Å². The van der Waals surface area contributed by atoms with Crippen molar-refractivity contribution in [2.24, 2.45) is 0 Å². The molecule has 0 saturated heterocycles. The summed E-state index contributed by atoms with van der Waals surface area (Å²) in [6.07, 6.45) is 0. The van der Waals surface area contributed by atoms with E-state index in [2.05, 4.69) is 20.2 Å². The summed E-state index contributed by atoms with van der Waals surface area (Å²) in [7, 11) is 0. The lowest BCUT2D eigenvalue weighted by Crippen LogP contribution is -2.17. The molecule has 0 unspecified atom stereocenters. The molecule has 0 aliphatic heterocycles. The van der Waals surface area contributed by atoms with Crippen molar-refractivity contribution < 1.29 is 0 Å². The highest BCUT2D eigenvalue weighted by molar-refractivity contribution is 7.98. The molecule has 0 N–H and O–H groups in total. The van der Waals surface area contributed by atoms with E-state index in [1.807, 2.05) is 49.4 Å². The average Bonchev–Trinajstić information content (AvgIpc) is 2.96. The van der Waals surface area contributed by atoms with Gasteiger partial charge in [-0.15, -0.1) is 10.2 Å². The molecule has 0 aromatic carbocycles. The number of pyridine rings is 1. The molecule has 0 spiro atoms. The van der Waals surface area contributed by atoms with Crippen LogP contribution in [0.4, 0.5) is 0 Å². The van der Waals surface area contributed by atoms with E-state index in [4.69, 9.17) is 0 Å². The Morgan fingerprint density at radius 3 is 2.68 bits per heavy atom. The first-order valence-electron chi connectivity index (χ1n) is 7.83. The second-order valence-electron chi connectivity index (χ2n) is 5.89. The molecule has 0 atom stereocenters. The Bertz CT molecular complexity index is 1160. The van der Waals surface area contributed by atoms with E-state index in [0.29, 0.717) is 17.2 Å². The van der Waals surface area contributed by atoms with E-state index in [1.54, 1.807) is 10.5 Å². The topological polar surface area (TPSA) is 77.5 Å². The van der Waals surface area contributed by atoms with Crippen LogP contribution in [0.5, 0.6) is 0 Å². The summed E-state index contributed by atoms with van der Waals surface area (Å²) in [6.45, 7) is 5.83. The van der Waals surface area contributed by atoms with Crippen molar-refractivity contribution in [1.82, 2.24) is 29.0 Å². The number of fused-ring (bicyclic) bond motifs is 2. The maximum atomic E-state index is 12.4. The SMILES string of the molecule is Cc1cc(C)n2c(SCc3cc(=O)n4c(C)cccc4n3)nnc2n1. The molecule has 126 valence electrons. The summed E-state index contributed by atoms with van der Waals surface area (Å²) in [6, 6.07) is 9.20. The van der Waals surface area contributed by atoms with Crippen LogP contribution in [-0.2, 0) is 5.75 Å². The van der Waals surface area contributed by atoms with Gasteiger partial charge in [-0.05, 0) is 39.0 Å². The maximum absolute atomic E-state index is 12.4. The summed E-state index contributed by atoms with van der Waals surface area (Å²) in [5, 5.41) is 9.08. The summed E-state index contributed by atoms with van der Waals surface area (Å²) in [5.41, 5.74) is 4.11. The Kier molecular flexibility index (Phi) is 3.76. The first-order valence-corrected chi connectivity index (χ1v) is 8.82. The second kappa shape index (κ2) is 5.96. The highest BCUT2D eigenvalue weighted by atomic mass is 32.2. The number of hydrogen-bond acceptors (Lipinski definition) is 6. The molecule has 4 aromatic heterocycles. The van der Waals surface area contributed by atoms with Crippen molar-refractivity contribution in [3.63, 3.8) is 0 Å². The van der Waals surface area contributed by atoms with Gasteiger partial charge in [-0.2, -0.15) is 0 Å². The van der Waals surface area contributed by atoms with Crippen LogP contribution in [0.25, 0.3) is 11.4 Å². The van der Waals surface area contributed by atoms with Gasteiger partial charge in [-0.25, -0.2) is 9.97 Å². The van der Waals surface area contributed by atoms with Gasteiger partial charge in [0.1, 0.15) is 5.65 Å². The van der Waals surface area contributed by atoms with Gasteiger partial charge in [-0.1, -0.05) is 17.8 Å². The lowest BCUT2D eigenvalue weighted by molar-refractivity contribution is 0.884. The molecule has 4 heterocycles. The van der Waals surface area contributed by atoms with Crippen molar-refractivity contribution in [1.29, 1.82) is 0 Å². The van der Waals surface area contributed by atoms with Crippen molar-refractivity contribution in [2.75, 3.05) is 0 Å². The molecular formula is C17H16N6OS. The predicted octanol–water partition coefficient (Wildman–Crippen LogP) is 2.35. The largest absolute Gasteiger partial charge is 0.269 e. The Morgan fingerprint density at radius 1 is 1.00 bits per heavy atom. The fourth-order valence-electron chi connectivity index (χ4n) is 2.87. The Morgan fingerprint density at radius 2 is 1.84 bits per heavy atom. The minimum absolute atomic E-state index is 0.0710. The highest BCUT2D eigenvalue weighted by Crippen LogP contribution is 2.22. The highest BCUT2D eigenvalue weighted by Gasteiger charge is 2.11. The summed E-state index contributed by atoms with van der Waals surface area (Å²) < 4.78 is 3.52. The lowest BCUT2D eigenvalue weighted by atomic mass is 10.3. The van der Waals surface area contributed by atoms with E-state index >= 15 is 0 Å². The molecule has 0 fully saturated rings. The van der Waals surface area contributed by atoms with Gasteiger partial charge in [0.15, 0.2) is 5.16 Å². The van der Waals surface area contributed by atoms with Crippen LogP contribution in [-0.4, -0.2) is 29.0 Å². The number of rotatable bonds is 3. The standard InChI is InChI=1S/C17H16N6OS/c1-10-7-12(3)23-16(18-10)20-21-17(23)25-9-13-8-15(24)22-11(2)5-4-6-14(22)19-13/h4-8H,9H2,1-3H3. The molecule has 25 heavy (non-hydrogen) atoms. The zero-order valence-electron chi connectivity index (χ0n) is 14.1. The van der Waals surface area contributed by atoms with E-state index < -0.39 is 0 Å². The first-order chi connectivity index (χ1) is 12.0. The average molecular weight is 352 g/mol. The van der Waals surface area contributed by atoms with Crippen LogP contribution in [0, 0.1) is 20.8 Å². The number of thioether (sulfide) groups is 1. The van der Waals surface area contributed by atoms with Crippen LogP contribution in [0.15, 0.2) is 40.3 Å². The monoisotopic (exact) mass is 352 g/mol. The fraction of sp³-hybridized carbons (Fsp3) is 0.235. The van der Waals surface area contributed by atoms with E-state index in [0.717, 1.165) is 27.9 Å². The molecule has 4 rings (SSSR count). The lowest BCUT2D eigenvalue weighted by Gasteiger charge is -2.06. The summed E-state index contributed by atoms with van der Waals surface area (Å²) in [4.78, 5) is 21.3. The first kappa shape index (κ1) is 15.8. The van der Waals surface area contributed by atoms with Gasteiger partial charge in [-0.3, -0.25) is 13.6 Å². The molecule has 0 saturated carbocycles. The van der Waals surface area contributed by atoms with Crippen molar-refractivity contribution in [2.45, 2.75) is 31.7 Å². The molecular weight excluding hydrogens is 336 g/mol. The van der Waals surface area contributed by atoms with Crippen LogP contribution in [0.1, 0.15) is 22.8 Å². The Labute approximate surface area is 147 Å². The van der Waals surface area contributed by atoms with Crippen LogP contribution >= 0.6 is 11.8 Å². The zero-order chi connectivity index (χ0) is 17.6. The van der Waals surface area contributed by atoms with Crippen molar-refractivity contribution in [3.8, 4) is 0 Å². The zero-order valence-corrected chi connectivity index (χ0v) is 14.9. The van der Waals surface area contributed by atoms with Gasteiger partial charge >= 0.3 is 0 Å². The molecule has 0 aliphatic carbocycles. The third kappa shape index (κ3) is 2.78.